The largest absolute Gasteiger partial charge is 0.459 e. The van der Waals surface area contributed by atoms with Gasteiger partial charge in [-0.15, -0.1) is 0 Å². The highest BCUT2D eigenvalue weighted by molar-refractivity contribution is 5.97. The molecule has 0 saturated heterocycles. The molecule has 0 bridgehead atoms. The van der Waals surface area contributed by atoms with E-state index in [-0.39, 0.29) is 29.5 Å². The predicted octanol–water partition coefficient (Wildman–Crippen LogP) is 3.86. The first-order chi connectivity index (χ1) is 13.8. The van der Waals surface area contributed by atoms with Crippen LogP contribution in [0.4, 0.5) is 5.82 Å². The second-order valence-electron chi connectivity index (χ2n) is 7.76. The normalized spacial score (nSPS) is 11.3. The van der Waals surface area contributed by atoms with Crippen LogP contribution in [0.5, 0.6) is 0 Å². The van der Waals surface area contributed by atoms with Crippen LogP contribution >= 0.6 is 0 Å². The maximum atomic E-state index is 12.7. The third-order valence-electron chi connectivity index (χ3n) is 4.48. The van der Waals surface area contributed by atoms with Crippen LogP contribution in [-0.2, 0) is 10.2 Å². The van der Waals surface area contributed by atoms with E-state index in [9.17, 15) is 9.59 Å². The molecule has 152 valence electrons. The van der Waals surface area contributed by atoms with E-state index >= 15 is 0 Å². The summed E-state index contributed by atoms with van der Waals surface area (Å²) < 4.78 is 6.87. The van der Waals surface area contributed by atoms with Crippen molar-refractivity contribution >= 4 is 17.6 Å². The molecule has 3 aromatic rings. The number of carbonyl (C=O) groups is 2. The average Bonchev–Trinajstić information content (AvgIpc) is 3.36. The standard InChI is InChI=1S/C22H26N4O3/c1-5-25(21(28)17-12-9-13-29-17)15-20(27)23-19-14-18(22(2,3)4)24-26(19)16-10-7-6-8-11-16/h6-14H,5,15H2,1-4H3,(H,23,27). The first kappa shape index (κ1) is 20.4. The SMILES string of the molecule is CCN(CC(=O)Nc1cc(C(C)(C)C)nn1-c1ccccc1)C(=O)c1ccco1. The van der Waals surface area contributed by atoms with E-state index in [0.717, 1.165) is 11.4 Å². The van der Waals surface area contributed by atoms with Crippen molar-refractivity contribution < 1.29 is 14.0 Å². The summed E-state index contributed by atoms with van der Waals surface area (Å²) in [5.41, 5.74) is 1.53. The van der Waals surface area contributed by atoms with Gasteiger partial charge in [0.25, 0.3) is 5.91 Å². The number of rotatable bonds is 6. The lowest BCUT2D eigenvalue weighted by Gasteiger charge is -2.19. The Morgan fingerprint density at radius 3 is 2.45 bits per heavy atom. The number of amides is 2. The second-order valence-corrected chi connectivity index (χ2v) is 7.76. The molecule has 2 aromatic heterocycles. The molecule has 0 aliphatic rings. The maximum absolute atomic E-state index is 12.7. The van der Waals surface area contributed by atoms with E-state index in [1.54, 1.807) is 16.8 Å². The van der Waals surface area contributed by atoms with Gasteiger partial charge in [0.1, 0.15) is 12.4 Å². The summed E-state index contributed by atoms with van der Waals surface area (Å²) in [6, 6.07) is 14.7. The van der Waals surface area contributed by atoms with Crippen molar-refractivity contribution in [2.75, 3.05) is 18.4 Å². The zero-order valence-electron chi connectivity index (χ0n) is 17.2. The zero-order chi connectivity index (χ0) is 21.0. The summed E-state index contributed by atoms with van der Waals surface area (Å²) in [7, 11) is 0. The molecule has 1 aromatic carbocycles. The number of nitrogens with one attached hydrogen (secondary N) is 1. The quantitative estimate of drug-likeness (QED) is 0.688. The van der Waals surface area contributed by atoms with Gasteiger partial charge >= 0.3 is 0 Å². The Balaban J connectivity index is 1.82. The minimum atomic E-state index is -0.320. The van der Waals surface area contributed by atoms with Crippen LogP contribution in [0.3, 0.4) is 0 Å². The molecule has 29 heavy (non-hydrogen) atoms. The van der Waals surface area contributed by atoms with Gasteiger partial charge in [-0.2, -0.15) is 5.10 Å². The molecule has 2 heterocycles. The monoisotopic (exact) mass is 394 g/mol. The van der Waals surface area contributed by atoms with Crippen molar-refractivity contribution in [3.05, 3.63) is 66.2 Å². The Morgan fingerprint density at radius 1 is 1.14 bits per heavy atom. The van der Waals surface area contributed by atoms with Gasteiger partial charge in [0.05, 0.1) is 17.6 Å². The fraction of sp³-hybridized carbons (Fsp3) is 0.318. The van der Waals surface area contributed by atoms with Crippen LogP contribution in [0.15, 0.2) is 59.2 Å². The summed E-state index contributed by atoms with van der Waals surface area (Å²) in [5.74, 6) is 0.153. The summed E-state index contributed by atoms with van der Waals surface area (Å²) in [5, 5.41) is 7.59. The summed E-state index contributed by atoms with van der Waals surface area (Å²) in [4.78, 5) is 26.6. The van der Waals surface area contributed by atoms with Crippen LogP contribution in [0.2, 0.25) is 0 Å². The van der Waals surface area contributed by atoms with Gasteiger partial charge in [-0.1, -0.05) is 39.0 Å². The van der Waals surface area contributed by atoms with E-state index < -0.39 is 0 Å². The number of anilines is 1. The van der Waals surface area contributed by atoms with Crippen LogP contribution in [-0.4, -0.2) is 39.6 Å². The molecule has 0 unspecified atom stereocenters. The van der Waals surface area contributed by atoms with E-state index in [1.807, 2.05) is 43.3 Å². The number of hydrogen-bond acceptors (Lipinski definition) is 4. The molecular weight excluding hydrogens is 368 g/mol. The molecule has 2 amide bonds. The minimum Gasteiger partial charge on any atom is -0.459 e. The van der Waals surface area contributed by atoms with E-state index in [4.69, 9.17) is 4.42 Å². The number of aromatic nitrogens is 2. The van der Waals surface area contributed by atoms with Gasteiger partial charge < -0.3 is 14.6 Å². The highest BCUT2D eigenvalue weighted by Crippen LogP contribution is 2.26. The van der Waals surface area contributed by atoms with Crippen LogP contribution in [0.1, 0.15) is 43.9 Å². The zero-order valence-corrected chi connectivity index (χ0v) is 17.2. The lowest BCUT2D eigenvalue weighted by molar-refractivity contribution is -0.116. The van der Waals surface area contributed by atoms with Gasteiger partial charge in [-0.3, -0.25) is 9.59 Å². The molecule has 0 radical (unpaired) electrons. The Labute approximate surface area is 170 Å². The predicted molar refractivity (Wildman–Crippen MR) is 111 cm³/mol. The number of furan rings is 1. The molecule has 7 nitrogen and oxygen atoms in total. The number of benzene rings is 1. The summed E-state index contributed by atoms with van der Waals surface area (Å²) in [6.07, 6.45) is 1.44. The fourth-order valence-electron chi connectivity index (χ4n) is 2.84. The fourth-order valence-corrected chi connectivity index (χ4v) is 2.84. The third-order valence-corrected chi connectivity index (χ3v) is 4.48. The van der Waals surface area contributed by atoms with Gasteiger partial charge in [0.15, 0.2) is 5.76 Å². The molecule has 0 aliphatic heterocycles. The van der Waals surface area contributed by atoms with E-state index in [2.05, 4.69) is 31.2 Å². The van der Waals surface area contributed by atoms with Gasteiger partial charge in [0, 0.05) is 18.0 Å². The number of hydrogen-bond donors (Lipinski definition) is 1. The first-order valence-corrected chi connectivity index (χ1v) is 9.58. The van der Waals surface area contributed by atoms with Crippen molar-refractivity contribution in [3.63, 3.8) is 0 Å². The van der Waals surface area contributed by atoms with Crippen LogP contribution in [0.25, 0.3) is 5.69 Å². The van der Waals surface area contributed by atoms with Gasteiger partial charge in [-0.05, 0) is 31.2 Å². The van der Waals surface area contributed by atoms with Crippen LogP contribution in [0, 0.1) is 0 Å². The van der Waals surface area contributed by atoms with Crippen molar-refractivity contribution in [1.82, 2.24) is 14.7 Å². The molecule has 3 rings (SSSR count). The molecule has 0 fully saturated rings. The van der Waals surface area contributed by atoms with E-state index in [1.165, 1.54) is 11.2 Å². The summed E-state index contributed by atoms with van der Waals surface area (Å²) >= 11 is 0. The molecule has 7 heteroatoms. The smallest absolute Gasteiger partial charge is 0.290 e. The molecular formula is C22H26N4O3. The highest BCUT2D eigenvalue weighted by atomic mass is 16.3. The number of likely N-dealkylation sites (N-methyl/N-ethyl adjacent to an activating group) is 1. The van der Waals surface area contributed by atoms with Crippen molar-refractivity contribution in [1.29, 1.82) is 0 Å². The van der Waals surface area contributed by atoms with Gasteiger partial charge in [-0.25, -0.2) is 4.68 Å². The molecule has 0 spiro atoms. The van der Waals surface area contributed by atoms with Crippen molar-refractivity contribution in [3.8, 4) is 5.69 Å². The van der Waals surface area contributed by atoms with Gasteiger partial charge in [0.2, 0.25) is 5.91 Å². The maximum Gasteiger partial charge on any atom is 0.290 e. The molecule has 0 saturated carbocycles. The first-order valence-electron chi connectivity index (χ1n) is 9.58. The Hall–Kier alpha value is -3.35. The molecule has 0 aliphatic carbocycles. The van der Waals surface area contributed by atoms with Crippen LogP contribution < -0.4 is 5.32 Å². The number of para-hydroxylation sites is 1. The summed E-state index contributed by atoms with van der Waals surface area (Å²) in [6.45, 7) is 8.32. The lowest BCUT2D eigenvalue weighted by atomic mass is 9.92. The number of carbonyl (C=O) groups excluding carboxylic acids is 2. The third kappa shape index (κ3) is 4.74. The Morgan fingerprint density at radius 2 is 1.86 bits per heavy atom. The van der Waals surface area contributed by atoms with E-state index in [0.29, 0.717) is 12.4 Å². The second kappa shape index (κ2) is 8.34. The minimum absolute atomic E-state index is 0.0825. The van der Waals surface area contributed by atoms with Crippen molar-refractivity contribution in [2.45, 2.75) is 33.1 Å². The molecule has 1 N–H and O–H groups in total. The topological polar surface area (TPSA) is 80.4 Å². The number of nitrogens with zero attached hydrogens (tertiary/aromatic N) is 3. The Bertz CT molecular complexity index is 969. The average molecular weight is 394 g/mol. The molecule has 0 atom stereocenters. The lowest BCUT2D eigenvalue weighted by Crippen LogP contribution is -2.38. The highest BCUT2D eigenvalue weighted by Gasteiger charge is 2.23. The van der Waals surface area contributed by atoms with Crippen molar-refractivity contribution in [2.24, 2.45) is 0 Å². The Kier molecular flexibility index (Phi) is 5.87.